The van der Waals surface area contributed by atoms with E-state index in [1.165, 1.54) is 11.1 Å². The molecule has 0 amide bonds. The number of hydrogen-bond donors (Lipinski definition) is 2. The minimum Gasteiger partial charge on any atom is -0.493 e. The van der Waals surface area contributed by atoms with E-state index in [9.17, 15) is 0 Å². The number of rotatable bonds is 7. The van der Waals surface area contributed by atoms with Gasteiger partial charge in [0.25, 0.3) is 0 Å². The van der Waals surface area contributed by atoms with Crippen LogP contribution in [-0.2, 0) is 6.42 Å². The maximum atomic E-state index is 5.33. The lowest BCUT2D eigenvalue weighted by Gasteiger charge is -2.12. The molecule has 128 valence electrons. The first-order valence-electron chi connectivity index (χ1n) is 7.95. The van der Waals surface area contributed by atoms with Crippen LogP contribution in [0.5, 0.6) is 11.5 Å². The number of methoxy groups -OCH3 is 2. The van der Waals surface area contributed by atoms with Crippen LogP contribution in [0.1, 0.15) is 17.5 Å². The molecule has 0 bridgehead atoms. The van der Waals surface area contributed by atoms with E-state index in [2.05, 4.69) is 35.8 Å². The molecule has 0 radical (unpaired) electrons. The number of ether oxygens (including phenoxy) is 2. The maximum absolute atomic E-state index is 5.33. The minimum atomic E-state index is 0.646. The van der Waals surface area contributed by atoms with Gasteiger partial charge < -0.3 is 20.1 Å². The number of benzene rings is 2. The van der Waals surface area contributed by atoms with Crippen molar-refractivity contribution in [3.8, 4) is 11.5 Å². The molecule has 0 aliphatic heterocycles. The summed E-state index contributed by atoms with van der Waals surface area (Å²) in [7, 11) is 3.29. The van der Waals surface area contributed by atoms with E-state index in [4.69, 9.17) is 21.7 Å². The Bertz CT molecular complexity index is 689. The van der Waals surface area contributed by atoms with Gasteiger partial charge in [-0.1, -0.05) is 18.2 Å². The van der Waals surface area contributed by atoms with Crippen LogP contribution in [0.25, 0.3) is 0 Å². The fourth-order valence-electron chi connectivity index (χ4n) is 2.43. The van der Waals surface area contributed by atoms with Crippen molar-refractivity contribution in [3.05, 3.63) is 53.6 Å². The SMILES string of the molecule is COc1ccc(CCCNC(=S)Nc2cccc(C)c2)cc1OC. The summed E-state index contributed by atoms with van der Waals surface area (Å²) in [5.74, 6) is 1.52. The third-order valence-electron chi connectivity index (χ3n) is 3.65. The molecule has 2 aromatic rings. The Hall–Kier alpha value is -2.27. The lowest BCUT2D eigenvalue weighted by atomic mass is 10.1. The molecule has 0 unspecified atom stereocenters. The molecule has 0 saturated heterocycles. The van der Waals surface area contributed by atoms with Crippen molar-refractivity contribution in [2.75, 3.05) is 26.1 Å². The molecule has 5 heteroatoms. The van der Waals surface area contributed by atoms with Gasteiger partial charge in [-0.15, -0.1) is 0 Å². The molecular weight excluding hydrogens is 320 g/mol. The summed E-state index contributed by atoms with van der Waals surface area (Å²) < 4.78 is 10.6. The Balaban J connectivity index is 1.75. The third kappa shape index (κ3) is 5.42. The van der Waals surface area contributed by atoms with Gasteiger partial charge in [0.1, 0.15) is 0 Å². The highest BCUT2D eigenvalue weighted by atomic mass is 32.1. The number of hydrogen-bond acceptors (Lipinski definition) is 3. The van der Waals surface area contributed by atoms with Gasteiger partial charge in [0.2, 0.25) is 0 Å². The molecule has 0 aromatic heterocycles. The second-order valence-electron chi connectivity index (χ2n) is 5.54. The zero-order valence-corrected chi connectivity index (χ0v) is 15.2. The van der Waals surface area contributed by atoms with E-state index in [1.807, 2.05) is 24.3 Å². The van der Waals surface area contributed by atoms with Crippen LogP contribution in [0.3, 0.4) is 0 Å². The Morgan fingerprint density at radius 2 is 1.83 bits per heavy atom. The Labute approximate surface area is 149 Å². The van der Waals surface area contributed by atoms with Gasteiger partial charge in [0.05, 0.1) is 14.2 Å². The van der Waals surface area contributed by atoms with E-state index in [0.717, 1.165) is 36.6 Å². The Morgan fingerprint density at radius 3 is 2.54 bits per heavy atom. The van der Waals surface area contributed by atoms with Crippen molar-refractivity contribution in [1.82, 2.24) is 5.32 Å². The average Bonchev–Trinajstić information content (AvgIpc) is 2.58. The van der Waals surface area contributed by atoms with E-state index in [-0.39, 0.29) is 0 Å². The Morgan fingerprint density at radius 1 is 1.04 bits per heavy atom. The van der Waals surface area contributed by atoms with Gasteiger partial charge in [-0.25, -0.2) is 0 Å². The molecular formula is C19H24N2O2S. The molecule has 24 heavy (non-hydrogen) atoms. The van der Waals surface area contributed by atoms with Crippen molar-refractivity contribution in [2.24, 2.45) is 0 Å². The molecule has 0 aliphatic rings. The van der Waals surface area contributed by atoms with Crippen molar-refractivity contribution in [1.29, 1.82) is 0 Å². The lowest BCUT2D eigenvalue weighted by molar-refractivity contribution is 0.354. The summed E-state index contributed by atoms with van der Waals surface area (Å²) in [6.45, 7) is 2.87. The summed E-state index contributed by atoms with van der Waals surface area (Å²) in [5, 5.41) is 7.08. The first-order valence-corrected chi connectivity index (χ1v) is 8.35. The molecule has 4 nitrogen and oxygen atoms in total. The maximum Gasteiger partial charge on any atom is 0.170 e. The predicted molar refractivity (Wildman–Crippen MR) is 103 cm³/mol. The van der Waals surface area contributed by atoms with Crippen molar-refractivity contribution >= 4 is 23.0 Å². The Kier molecular flexibility index (Phi) is 6.88. The number of anilines is 1. The summed E-state index contributed by atoms with van der Waals surface area (Å²) in [5.41, 5.74) is 3.43. The smallest absolute Gasteiger partial charge is 0.170 e. The van der Waals surface area contributed by atoms with Crippen LogP contribution in [0.2, 0.25) is 0 Å². The predicted octanol–water partition coefficient (Wildman–Crippen LogP) is 3.93. The summed E-state index contributed by atoms with van der Waals surface area (Å²) in [6.07, 6.45) is 1.92. The number of aryl methyl sites for hydroxylation is 2. The quantitative estimate of drug-likeness (QED) is 0.588. The highest BCUT2D eigenvalue weighted by Crippen LogP contribution is 2.27. The number of thiocarbonyl (C=S) groups is 1. The van der Waals surface area contributed by atoms with Crippen LogP contribution < -0.4 is 20.1 Å². The largest absolute Gasteiger partial charge is 0.493 e. The molecule has 0 aliphatic carbocycles. The van der Waals surface area contributed by atoms with Gasteiger partial charge in [-0.05, 0) is 67.4 Å². The van der Waals surface area contributed by atoms with Gasteiger partial charge in [0.15, 0.2) is 16.6 Å². The highest BCUT2D eigenvalue weighted by molar-refractivity contribution is 7.80. The van der Waals surface area contributed by atoms with Crippen LogP contribution in [0.4, 0.5) is 5.69 Å². The van der Waals surface area contributed by atoms with Crippen LogP contribution in [-0.4, -0.2) is 25.9 Å². The number of nitrogens with one attached hydrogen (secondary N) is 2. The van der Waals surface area contributed by atoms with Crippen molar-refractivity contribution in [2.45, 2.75) is 19.8 Å². The van der Waals surface area contributed by atoms with Crippen molar-refractivity contribution < 1.29 is 9.47 Å². The van der Waals surface area contributed by atoms with Crippen LogP contribution in [0.15, 0.2) is 42.5 Å². The molecule has 2 N–H and O–H groups in total. The van der Waals surface area contributed by atoms with Gasteiger partial charge in [-0.2, -0.15) is 0 Å². The standard InChI is InChI=1S/C19H24N2O2S/c1-14-6-4-8-16(12-14)21-19(24)20-11-5-7-15-9-10-17(22-2)18(13-15)23-3/h4,6,8-10,12-13H,5,7,11H2,1-3H3,(H2,20,21,24). The minimum absolute atomic E-state index is 0.646. The zero-order chi connectivity index (χ0) is 17.4. The molecule has 2 rings (SSSR count). The summed E-state index contributed by atoms with van der Waals surface area (Å²) >= 11 is 5.32. The van der Waals surface area contributed by atoms with E-state index in [0.29, 0.717) is 5.11 Å². The van der Waals surface area contributed by atoms with Gasteiger partial charge in [-0.3, -0.25) is 0 Å². The molecule has 0 atom stereocenters. The van der Waals surface area contributed by atoms with Crippen LogP contribution >= 0.6 is 12.2 Å². The topological polar surface area (TPSA) is 42.5 Å². The van der Waals surface area contributed by atoms with Gasteiger partial charge in [0, 0.05) is 12.2 Å². The zero-order valence-electron chi connectivity index (χ0n) is 14.4. The van der Waals surface area contributed by atoms with Crippen LogP contribution in [0, 0.1) is 6.92 Å². The monoisotopic (exact) mass is 344 g/mol. The molecule has 0 saturated carbocycles. The highest BCUT2D eigenvalue weighted by Gasteiger charge is 2.04. The van der Waals surface area contributed by atoms with E-state index in [1.54, 1.807) is 14.2 Å². The normalized spacial score (nSPS) is 10.1. The average molecular weight is 344 g/mol. The molecule has 0 heterocycles. The fraction of sp³-hybridized carbons (Fsp3) is 0.316. The molecule has 0 fully saturated rings. The second-order valence-corrected chi connectivity index (χ2v) is 5.95. The van der Waals surface area contributed by atoms with Crippen molar-refractivity contribution in [3.63, 3.8) is 0 Å². The molecule has 2 aromatic carbocycles. The summed E-state index contributed by atoms with van der Waals surface area (Å²) in [4.78, 5) is 0. The fourth-order valence-corrected chi connectivity index (χ4v) is 2.65. The lowest BCUT2D eigenvalue weighted by Crippen LogP contribution is -2.29. The summed E-state index contributed by atoms with van der Waals surface area (Å²) in [6, 6.07) is 14.2. The molecule has 0 spiro atoms. The first kappa shape index (κ1) is 18.1. The van der Waals surface area contributed by atoms with E-state index >= 15 is 0 Å². The van der Waals surface area contributed by atoms with E-state index < -0.39 is 0 Å². The third-order valence-corrected chi connectivity index (χ3v) is 3.90. The van der Waals surface area contributed by atoms with Gasteiger partial charge >= 0.3 is 0 Å². The second kappa shape index (κ2) is 9.13. The first-order chi connectivity index (χ1) is 11.6.